The van der Waals surface area contributed by atoms with Gasteiger partial charge in [-0.25, -0.2) is 9.69 Å². The van der Waals surface area contributed by atoms with Crippen molar-refractivity contribution in [1.29, 1.82) is 0 Å². The largest absolute Gasteiger partial charge is 0.454 e. The summed E-state index contributed by atoms with van der Waals surface area (Å²) in [5.41, 5.74) is 0.823. The number of imide groups is 1. The second kappa shape index (κ2) is 9.22. The lowest BCUT2D eigenvalue weighted by Crippen LogP contribution is -2.49. The maximum Gasteiger partial charge on any atom is 0.338 e. The van der Waals surface area contributed by atoms with Gasteiger partial charge in [0.15, 0.2) is 12.4 Å². The van der Waals surface area contributed by atoms with Crippen LogP contribution in [0, 0.1) is 0 Å². The van der Waals surface area contributed by atoms with E-state index >= 15 is 0 Å². The molecule has 1 unspecified atom stereocenters. The molecule has 1 aliphatic rings. The standard InChI is InChI=1S/C24H26N2O5/c1-4-24(2,3)25-19-14-21(28)26(22(19)29)18-12-10-17(11-13-18)23(30)31-15-20(27)16-8-6-5-7-9-16/h5-13,19,25H,4,14-15H2,1-3H3. The molecule has 1 atom stereocenters. The first-order valence-corrected chi connectivity index (χ1v) is 10.2. The lowest BCUT2D eigenvalue weighted by atomic mass is 10.00. The average molecular weight is 422 g/mol. The molecule has 7 nitrogen and oxygen atoms in total. The zero-order valence-corrected chi connectivity index (χ0v) is 17.9. The van der Waals surface area contributed by atoms with Crippen molar-refractivity contribution in [3.63, 3.8) is 0 Å². The summed E-state index contributed by atoms with van der Waals surface area (Å²) in [4.78, 5) is 50.6. The Kier molecular flexibility index (Phi) is 6.65. The number of carbonyl (C=O) groups excluding carboxylic acids is 4. The Morgan fingerprint density at radius 2 is 1.68 bits per heavy atom. The lowest BCUT2D eigenvalue weighted by Gasteiger charge is -2.27. The first-order chi connectivity index (χ1) is 14.7. The van der Waals surface area contributed by atoms with Gasteiger partial charge in [0.1, 0.15) is 0 Å². The summed E-state index contributed by atoms with van der Waals surface area (Å²) in [6.45, 7) is 5.61. The number of anilines is 1. The van der Waals surface area contributed by atoms with E-state index in [-0.39, 0.29) is 41.7 Å². The molecular weight excluding hydrogens is 396 g/mol. The highest BCUT2D eigenvalue weighted by molar-refractivity contribution is 6.22. The van der Waals surface area contributed by atoms with Crippen LogP contribution in [0.5, 0.6) is 0 Å². The number of amides is 2. The molecule has 2 aromatic carbocycles. The van der Waals surface area contributed by atoms with E-state index in [0.29, 0.717) is 11.3 Å². The van der Waals surface area contributed by atoms with Gasteiger partial charge in [0.05, 0.1) is 23.7 Å². The van der Waals surface area contributed by atoms with Crippen molar-refractivity contribution in [3.05, 3.63) is 65.7 Å². The first kappa shape index (κ1) is 22.4. The molecule has 7 heteroatoms. The highest BCUT2D eigenvalue weighted by atomic mass is 16.5. The summed E-state index contributed by atoms with van der Waals surface area (Å²) in [7, 11) is 0. The molecule has 162 valence electrons. The number of nitrogens with one attached hydrogen (secondary N) is 1. The number of benzene rings is 2. The summed E-state index contributed by atoms with van der Waals surface area (Å²) in [5.74, 6) is -1.56. The van der Waals surface area contributed by atoms with Crippen molar-refractivity contribution >= 4 is 29.3 Å². The summed E-state index contributed by atoms with van der Waals surface area (Å²) in [5, 5.41) is 3.24. The van der Waals surface area contributed by atoms with Crippen LogP contribution in [0.1, 0.15) is 54.3 Å². The van der Waals surface area contributed by atoms with E-state index in [0.717, 1.165) is 11.3 Å². The smallest absolute Gasteiger partial charge is 0.338 e. The van der Waals surface area contributed by atoms with Gasteiger partial charge in [-0.1, -0.05) is 37.3 Å². The van der Waals surface area contributed by atoms with Crippen LogP contribution < -0.4 is 10.2 Å². The van der Waals surface area contributed by atoms with Crippen molar-refractivity contribution in [2.75, 3.05) is 11.5 Å². The summed E-state index contributed by atoms with van der Waals surface area (Å²) < 4.78 is 5.09. The Morgan fingerprint density at radius 1 is 1.03 bits per heavy atom. The summed E-state index contributed by atoms with van der Waals surface area (Å²) >= 11 is 0. The second-order valence-corrected chi connectivity index (χ2v) is 8.12. The van der Waals surface area contributed by atoms with E-state index in [4.69, 9.17) is 4.74 Å². The molecule has 0 aromatic heterocycles. The van der Waals surface area contributed by atoms with Crippen molar-refractivity contribution in [2.24, 2.45) is 0 Å². The minimum atomic E-state index is -0.654. The predicted molar refractivity (Wildman–Crippen MR) is 116 cm³/mol. The normalized spacial score (nSPS) is 16.5. The number of esters is 1. The fourth-order valence-corrected chi connectivity index (χ4v) is 3.26. The van der Waals surface area contributed by atoms with Gasteiger partial charge in [-0.15, -0.1) is 0 Å². The fourth-order valence-electron chi connectivity index (χ4n) is 3.26. The molecule has 0 radical (unpaired) electrons. The Morgan fingerprint density at radius 3 is 2.29 bits per heavy atom. The lowest BCUT2D eigenvalue weighted by molar-refractivity contribution is -0.121. The molecule has 0 saturated carbocycles. The van der Waals surface area contributed by atoms with E-state index in [1.807, 2.05) is 20.8 Å². The number of hydrogen-bond donors (Lipinski definition) is 1. The molecule has 0 aliphatic carbocycles. The molecular formula is C24H26N2O5. The van der Waals surface area contributed by atoms with Crippen molar-refractivity contribution in [2.45, 2.75) is 45.2 Å². The molecule has 31 heavy (non-hydrogen) atoms. The van der Waals surface area contributed by atoms with E-state index < -0.39 is 12.0 Å². The monoisotopic (exact) mass is 422 g/mol. The van der Waals surface area contributed by atoms with Crippen LogP contribution in [0.2, 0.25) is 0 Å². The molecule has 2 aromatic rings. The molecule has 0 bridgehead atoms. The Labute approximate surface area is 181 Å². The summed E-state index contributed by atoms with van der Waals surface area (Å²) in [6.07, 6.45) is 0.905. The zero-order valence-electron chi connectivity index (χ0n) is 17.9. The Bertz CT molecular complexity index is 983. The molecule has 3 rings (SSSR count). The van der Waals surface area contributed by atoms with Gasteiger partial charge < -0.3 is 10.1 Å². The Hall–Kier alpha value is -3.32. The number of nitrogens with zero attached hydrogens (tertiary/aromatic N) is 1. The van der Waals surface area contributed by atoms with Crippen LogP contribution in [0.4, 0.5) is 5.69 Å². The van der Waals surface area contributed by atoms with Gasteiger partial charge in [0.2, 0.25) is 5.91 Å². The van der Waals surface area contributed by atoms with Gasteiger partial charge in [0, 0.05) is 11.1 Å². The van der Waals surface area contributed by atoms with Crippen molar-refractivity contribution in [3.8, 4) is 0 Å². The van der Waals surface area contributed by atoms with Gasteiger partial charge >= 0.3 is 5.97 Å². The van der Waals surface area contributed by atoms with Crippen molar-refractivity contribution in [1.82, 2.24) is 5.32 Å². The van der Waals surface area contributed by atoms with Crippen molar-refractivity contribution < 1.29 is 23.9 Å². The fraction of sp³-hybridized carbons (Fsp3) is 0.333. The number of ketones is 1. The maximum absolute atomic E-state index is 12.8. The van der Waals surface area contributed by atoms with Crippen LogP contribution in [-0.4, -0.2) is 41.8 Å². The molecule has 1 N–H and O–H groups in total. The molecule has 1 saturated heterocycles. The van der Waals surface area contributed by atoms with E-state index in [9.17, 15) is 19.2 Å². The van der Waals surface area contributed by atoms with Crippen LogP contribution in [-0.2, 0) is 14.3 Å². The number of hydrogen-bond acceptors (Lipinski definition) is 6. The van der Waals surface area contributed by atoms with Gasteiger partial charge in [-0.3, -0.25) is 14.4 Å². The van der Waals surface area contributed by atoms with E-state index in [1.165, 1.54) is 24.3 Å². The zero-order chi connectivity index (χ0) is 22.6. The van der Waals surface area contributed by atoms with Gasteiger partial charge in [0.25, 0.3) is 5.91 Å². The topological polar surface area (TPSA) is 92.8 Å². The first-order valence-electron chi connectivity index (χ1n) is 10.2. The van der Waals surface area contributed by atoms with Gasteiger partial charge in [-0.2, -0.15) is 0 Å². The molecule has 0 spiro atoms. The average Bonchev–Trinajstić information content (AvgIpc) is 3.04. The maximum atomic E-state index is 12.8. The highest BCUT2D eigenvalue weighted by Crippen LogP contribution is 2.25. The van der Waals surface area contributed by atoms with Crippen LogP contribution in [0.15, 0.2) is 54.6 Å². The third kappa shape index (κ3) is 5.24. The Balaban J connectivity index is 1.63. The number of Topliss-reactive ketones (excluding diaryl/α,β-unsaturated/α-hetero) is 1. The number of carbonyl (C=O) groups is 4. The number of rotatable bonds is 8. The second-order valence-electron chi connectivity index (χ2n) is 8.12. The highest BCUT2D eigenvalue weighted by Gasteiger charge is 2.41. The van der Waals surface area contributed by atoms with Crippen LogP contribution in [0.25, 0.3) is 0 Å². The third-order valence-electron chi connectivity index (χ3n) is 5.39. The minimum absolute atomic E-state index is 0.0909. The third-order valence-corrected chi connectivity index (χ3v) is 5.39. The number of ether oxygens (including phenoxy) is 1. The summed E-state index contributed by atoms with van der Waals surface area (Å²) in [6, 6.07) is 14.0. The quantitative estimate of drug-likeness (QED) is 0.399. The molecule has 1 fully saturated rings. The predicted octanol–water partition coefficient (Wildman–Crippen LogP) is 3.14. The minimum Gasteiger partial charge on any atom is -0.454 e. The van der Waals surface area contributed by atoms with Gasteiger partial charge in [-0.05, 0) is 44.5 Å². The molecule has 1 aliphatic heterocycles. The molecule has 1 heterocycles. The van der Waals surface area contributed by atoms with E-state index in [2.05, 4.69) is 5.32 Å². The van der Waals surface area contributed by atoms with Crippen LogP contribution >= 0.6 is 0 Å². The SMILES string of the molecule is CCC(C)(C)NC1CC(=O)N(c2ccc(C(=O)OCC(=O)c3ccccc3)cc2)C1=O. The molecule has 2 amide bonds. The van der Waals surface area contributed by atoms with Crippen LogP contribution in [0.3, 0.4) is 0 Å². The van der Waals surface area contributed by atoms with E-state index in [1.54, 1.807) is 30.3 Å².